The van der Waals surface area contributed by atoms with Gasteiger partial charge in [0.1, 0.15) is 5.75 Å². The Morgan fingerprint density at radius 2 is 1.88 bits per heavy atom. The van der Waals surface area contributed by atoms with Gasteiger partial charge in [0, 0.05) is 10.7 Å². The van der Waals surface area contributed by atoms with E-state index in [-0.39, 0.29) is 11.0 Å². The van der Waals surface area contributed by atoms with Crippen molar-refractivity contribution in [1.82, 2.24) is 0 Å². The summed E-state index contributed by atoms with van der Waals surface area (Å²) in [6, 6.07) is 6.11. The molecule has 5 heteroatoms. The minimum Gasteiger partial charge on any atom is -0.491 e. The van der Waals surface area contributed by atoms with Crippen molar-refractivity contribution in [2.24, 2.45) is 0 Å². The van der Waals surface area contributed by atoms with Crippen molar-refractivity contribution in [3.05, 3.63) is 24.3 Å². The van der Waals surface area contributed by atoms with Crippen LogP contribution in [-0.2, 0) is 9.05 Å². The van der Waals surface area contributed by atoms with Crippen LogP contribution in [0.3, 0.4) is 0 Å². The molecule has 1 atom stereocenters. The lowest BCUT2D eigenvalue weighted by molar-refractivity contribution is 0.210. The van der Waals surface area contributed by atoms with Gasteiger partial charge in [-0.3, -0.25) is 0 Å². The third-order valence-electron chi connectivity index (χ3n) is 2.14. The van der Waals surface area contributed by atoms with E-state index in [4.69, 9.17) is 15.4 Å². The van der Waals surface area contributed by atoms with Crippen LogP contribution in [0.25, 0.3) is 0 Å². The maximum absolute atomic E-state index is 11.0. The van der Waals surface area contributed by atoms with Gasteiger partial charge in [-0.05, 0) is 37.6 Å². The molecule has 0 saturated heterocycles. The predicted octanol–water partition coefficient (Wildman–Crippen LogP) is 3.18. The largest absolute Gasteiger partial charge is 0.491 e. The van der Waals surface area contributed by atoms with Crippen LogP contribution in [0.4, 0.5) is 0 Å². The first-order chi connectivity index (χ1) is 7.43. The fourth-order valence-corrected chi connectivity index (χ4v) is 2.15. The Labute approximate surface area is 101 Å². The van der Waals surface area contributed by atoms with E-state index in [1.54, 1.807) is 12.1 Å². The normalized spacial score (nSPS) is 13.4. The van der Waals surface area contributed by atoms with Crippen molar-refractivity contribution in [2.45, 2.75) is 37.7 Å². The van der Waals surface area contributed by atoms with Crippen molar-refractivity contribution in [3.63, 3.8) is 0 Å². The second-order valence-electron chi connectivity index (χ2n) is 3.63. The summed E-state index contributed by atoms with van der Waals surface area (Å²) in [6.07, 6.45) is 2.15. The highest BCUT2D eigenvalue weighted by atomic mass is 35.7. The lowest BCUT2D eigenvalue weighted by Crippen LogP contribution is -2.10. The first kappa shape index (κ1) is 13.3. The van der Waals surface area contributed by atoms with Crippen molar-refractivity contribution < 1.29 is 13.2 Å². The number of hydrogen-bond acceptors (Lipinski definition) is 3. The minimum atomic E-state index is -3.64. The summed E-state index contributed by atoms with van der Waals surface area (Å²) in [7, 11) is 1.56. The van der Waals surface area contributed by atoms with E-state index in [0.29, 0.717) is 5.75 Å². The molecule has 0 N–H and O–H groups in total. The summed E-state index contributed by atoms with van der Waals surface area (Å²) in [4.78, 5) is 0.0876. The van der Waals surface area contributed by atoms with Crippen molar-refractivity contribution >= 4 is 19.7 Å². The molecule has 0 fully saturated rings. The van der Waals surface area contributed by atoms with Crippen LogP contribution in [-0.4, -0.2) is 14.5 Å². The molecule has 1 aromatic carbocycles. The highest BCUT2D eigenvalue weighted by Gasteiger charge is 2.10. The van der Waals surface area contributed by atoms with Crippen molar-refractivity contribution in [1.29, 1.82) is 0 Å². The van der Waals surface area contributed by atoms with Crippen LogP contribution in [0.1, 0.15) is 26.7 Å². The molecular formula is C11H15ClO3S. The van der Waals surface area contributed by atoms with Gasteiger partial charge in [-0.15, -0.1) is 0 Å². The van der Waals surface area contributed by atoms with Gasteiger partial charge in [0.05, 0.1) is 11.0 Å². The predicted molar refractivity (Wildman–Crippen MR) is 64.5 cm³/mol. The molecule has 1 aromatic rings. The Morgan fingerprint density at radius 1 is 1.31 bits per heavy atom. The second kappa shape index (κ2) is 5.55. The molecule has 3 nitrogen and oxygen atoms in total. The molecule has 0 heterocycles. The molecule has 0 aliphatic rings. The van der Waals surface area contributed by atoms with E-state index < -0.39 is 9.05 Å². The first-order valence-electron chi connectivity index (χ1n) is 5.15. The highest BCUT2D eigenvalue weighted by Crippen LogP contribution is 2.20. The monoisotopic (exact) mass is 262 g/mol. The number of benzene rings is 1. The lowest BCUT2D eigenvalue weighted by atomic mass is 10.2. The van der Waals surface area contributed by atoms with Crippen LogP contribution in [0.15, 0.2) is 29.2 Å². The van der Waals surface area contributed by atoms with Gasteiger partial charge in [0.2, 0.25) is 0 Å². The summed E-state index contributed by atoms with van der Waals surface area (Å²) < 4.78 is 27.6. The van der Waals surface area contributed by atoms with Gasteiger partial charge in [0.25, 0.3) is 9.05 Å². The summed E-state index contributed by atoms with van der Waals surface area (Å²) in [5, 5.41) is 0. The van der Waals surface area contributed by atoms with Crippen LogP contribution in [0.5, 0.6) is 5.75 Å². The molecule has 90 valence electrons. The Morgan fingerprint density at radius 3 is 2.31 bits per heavy atom. The van der Waals surface area contributed by atoms with Crippen molar-refractivity contribution in [3.8, 4) is 5.75 Å². The highest BCUT2D eigenvalue weighted by molar-refractivity contribution is 8.13. The fraction of sp³-hybridized carbons (Fsp3) is 0.455. The smallest absolute Gasteiger partial charge is 0.261 e. The lowest BCUT2D eigenvalue weighted by Gasteiger charge is -2.13. The average Bonchev–Trinajstić information content (AvgIpc) is 2.17. The minimum absolute atomic E-state index is 0.0876. The van der Waals surface area contributed by atoms with Gasteiger partial charge in [0.15, 0.2) is 0 Å². The summed E-state index contributed by atoms with van der Waals surface area (Å²) >= 11 is 0. The zero-order valence-electron chi connectivity index (χ0n) is 9.31. The van der Waals surface area contributed by atoms with E-state index in [1.807, 2.05) is 6.92 Å². The Kier molecular flexibility index (Phi) is 4.62. The maximum atomic E-state index is 11.0. The molecule has 1 unspecified atom stereocenters. The Balaban J connectivity index is 2.72. The standard InChI is InChI=1S/C11H15ClO3S/c1-3-4-9(2)15-10-5-7-11(8-6-10)16(12,13)14/h5-9H,3-4H2,1-2H3. The zero-order valence-corrected chi connectivity index (χ0v) is 10.9. The molecule has 0 aliphatic carbocycles. The van der Waals surface area contributed by atoms with Gasteiger partial charge in [-0.2, -0.15) is 0 Å². The fourth-order valence-electron chi connectivity index (χ4n) is 1.38. The molecule has 0 aromatic heterocycles. The molecule has 1 rings (SSSR count). The molecule has 0 aliphatic heterocycles. The second-order valence-corrected chi connectivity index (χ2v) is 6.19. The first-order valence-corrected chi connectivity index (χ1v) is 7.46. The Hall–Kier alpha value is -0.740. The average molecular weight is 263 g/mol. The number of hydrogen-bond donors (Lipinski definition) is 0. The summed E-state index contributed by atoms with van der Waals surface area (Å²) in [5.74, 6) is 0.657. The quantitative estimate of drug-likeness (QED) is 0.766. The molecule has 16 heavy (non-hydrogen) atoms. The third kappa shape index (κ3) is 4.02. The van der Waals surface area contributed by atoms with Gasteiger partial charge >= 0.3 is 0 Å². The number of ether oxygens (including phenoxy) is 1. The van der Waals surface area contributed by atoms with E-state index >= 15 is 0 Å². The third-order valence-corrected chi connectivity index (χ3v) is 3.51. The molecule has 0 radical (unpaired) electrons. The Bertz CT molecular complexity index is 425. The SMILES string of the molecule is CCCC(C)Oc1ccc(S(=O)(=O)Cl)cc1. The molecule has 0 spiro atoms. The van der Waals surface area contributed by atoms with Crippen LogP contribution < -0.4 is 4.74 Å². The van der Waals surface area contributed by atoms with Gasteiger partial charge < -0.3 is 4.74 Å². The topological polar surface area (TPSA) is 43.4 Å². The van der Waals surface area contributed by atoms with Crippen LogP contribution >= 0.6 is 10.7 Å². The molecule has 0 bridgehead atoms. The zero-order chi connectivity index (χ0) is 12.2. The van der Waals surface area contributed by atoms with Gasteiger partial charge in [-0.25, -0.2) is 8.42 Å². The molecular weight excluding hydrogens is 248 g/mol. The summed E-state index contributed by atoms with van der Waals surface area (Å²) in [5.41, 5.74) is 0. The number of rotatable bonds is 5. The molecule has 0 amide bonds. The van der Waals surface area contributed by atoms with Crippen molar-refractivity contribution in [2.75, 3.05) is 0 Å². The van der Waals surface area contributed by atoms with E-state index in [1.165, 1.54) is 12.1 Å². The number of halogens is 1. The van der Waals surface area contributed by atoms with Gasteiger partial charge in [-0.1, -0.05) is 13.3 Å². The van der Waals surface area contributed by atoms with Crippen LogP contribution in [0, 0.1) is 0 Å². The van der Waals surface area contributed by atoms with Crippen LogP contribution in [0.2, 0.25) is 0 Å². The summed E-state index contributed by atoms with van der Waals surface area (Å²) in [6.45, 7) is 4.07. The van der Waals surface area contributed by atoms with E-state index in [0.717, 1.165) is 12.8 Å². The van der Waals surface area contributed by atoms with E-state index in [9.17, 15) is 8.42 Å². The van der Waals surface area contributed by atoms with E-state index in [2.05, 4.69) is 6.92 Å². The molecule has 0 saturated carbocycles. The maximum Gasteiger partial charge on any atom is 0.261 e.